The molecule has 0 bridgehead atoms. The molecule has 0 radical (unpaired) electrons. The van der Waals surface area contributed by atoms with Gasteiger partial charge in [-0.05, 0) is 62.4 Å². The largest absolute Gasteiger partial charge is 0.497 e. The molecule has 0 spiro atoms. The summed E-state index contributed by atoms with van der Waals surface area (Å²) in [6.45, 7) is 3.16. The number of methoxy groups -OCH3 is 2. The van der Waals surface area contributed by atoms with Crippen molar-refractivity contribution in [3.05, 3.63) is 48.5 Å². The third kappa shape index (κ3) is 4.66. The fourth-order valence-electron chi connectivity index (χ4n) is 2.61. The number of amides is 4. The monoisotopic (exact) mass is 410 g/mol. The number of rotatable bonds is 4. The summed E-state index contributed by atoms with van der Waals surface area (Å²) in [4.78, 5) is 25.1. The first-order valence-electron chi connectivity index (χ1n) is 9.02. The molecule has 0 unspecified atom stereocenters. The van der Waals surface area contributed by atoms with Crippen LogP contribution in [0.3, 0.4) is 0 Å². The number of hydrogen-bond donors (Lipinski definition) is 2. The van der Waals surface area contributed by atoms with E-state index in [0.717, 1.165) is 10.0 Å². The Hall–Kier alpha value is -4.08. The number of urea groups is 2. The Labute approximate surface area is 173 Å². The maximum atomic E-state index is 12.6. The average Bonchev–Trinajstić information content (AvgIpc) is 2.76. The summed E-state index contributed by atoms with van der Waals surface area (Å²) in [6, 6.07) is 12.7. The van der Waals surface area contributed by atoms with Crippen molar-refractivity contribution >= 4 is 35.1 Å². The van der Waals surface area contributed by atoms with E-state index in [9.17, 15) is 9.59 Å². The van der Waals surface area contributed by atoms with E-state index in [2.05, 4.69) is 20.8 Å². The lowest BCUT2D eigenvalue weighted by Gasteiger charge is -2.27. The number of ether oxygens (including phenoxy) is 2. The quantitative estimate of drug-likeness (QED) is 0.800. The molecular formula is C20H22N6O4. The van der Waals surface area contributed by atoms with Gasteiger partial charge in [-0.1, -0.05) is 0 Å². The summed E-state index contributed by atoms with van der Waals surface area (Å²) in [7, 11) is 3.13. The number of nitrogens with zero attached hydrogens (tertiary/aromatic N) is 4. The fraction of sp³-hybridized carbons (Fsp3) is 0.200. The van der Waals surface area contributed by atoms with Crippen LogP contribution in [0.4, 0.5) is 21.0 Å². The molecule has 4 amide bonds. The van der Waals surface area contributed by atoms with Crippen molar-refractivity contribution in [1.29, 1.82) is 0 Å². The van der Waals surface area contributed by atoms with Crippen LogP contribution < -0.4 is 20.1 Å². The van der Waals surface area contributed by atoms with E-state index in [-0.39, 0.29) is 11.7 Å². The zero-order valence-electron chi connectivity index (χ0n) is 17.0. The lowest BCUT2D eigenvalue weighted by molar-refractivity contribution is 0.223. The maximum absolute atomic E-state index is 12.6. The van der Waals surface area contributed by atoms with Gasteiger partial charge in [0.1, 0.15) is 11.5 Å². The molecule has 0 saturated carbocycles. The molecule has 10 heteroatoms. The molecule has 0 saturated heterocycles. The minimum absolute atomic E-state index is 0.233. The number of amidine groups is 2. The van der Waals surface area contributed by atoms with Gasteiger partial charge in [-0.2, -0.15) is 10.0 Å². The summed E-state index contributed by atoms with van der Waals surface area (Å²) in [5.74, 6) is 1.82. The van der Waals surface area contributed by atoms with E-state index >= 15 is 0 Å². The average molecular weight is 410 g/mol. The van der Waals surface area contributed by atoms with Crippen molar-refractivity contribution < 1.29 is 19.1 Å². The minimum atomic E-state index is -0.504. The molecule has 0 fully saturated rings. The van der Waals surface area contributed by atoms with Crippen molar-refractivity contribution in [2.75, 3.05) is 24.9 Å². The zero-order valence-corrected chi connectivity index (χ0v) is 17.0. The summed E-state index contributed by atoms with van der Waals surface area (Å²) >= 11 is 0. The number of nitrogens with one attached hydrogen (secondary N) is 2. The van der Waals surface area contributed by atoms with Crippen molar-refractivity contribution in [2.24, 2.45) is 10.2 Å². The van der Waals surface area contributed by atoms with Gasteiger partial charge in [0.15, 0.2) is 11.7 Å². The Kier molecular flexibility index (Phi) is 6.16. The molecule has 156 valence electrons. The molecule has 0 aliphatic carbocycles. The van der Waals surface area contributed by atoms with Crippen LogP contribution in [0.1, 0.15) is 13.8 Å². The third-order valence-corrected chi connectivity index (χ3v) is 4.17. The third-order valence-electron chi connectivity index (χ3n) is 4.17. The van der Waals surface area contributed by atoms with E-state index in [1.807, 2.05) is 0 Å². The zero-order chi connectivity index (χ0) is 21.7. The van der Waals surface area contributed by atoms with Gasteiger partial charge in [0.25, 0.3) is 0 Å². The van der Waals surface area contributed by atoms with Gasteiger partial charge >= 0.3 is 12.1 Å². The molecule has 1 heterocycles. The van der Waals surface area contributed by atoms with E-state index in [1.165, 1.54) is 0 Å². The predicted molar refractivity (Wildman–Crippen MR) is 114 cm³/mol. The molecule has 1 aliphatic heterocycles. The molecule has 0 aromatic heterocycles. The second kappa shape index (κ2) is 8.95. The smallest absolute Gasteiger partial charge is 0.348 e. The normalized spacial score (nSPS) is 13.2. The highest BCUT2D eigenvalue weighted by molar-refractivity contribution is 6.09. The second-order valence-corrected chi connectivity index (χ2v) is 6.24. The highest BCUT2D eigenvalue weighted by atomic mass is 16.5. The van der Waals surface area contributed by atoms with Crippen LogP contribution in [0.15, 0.2) is 58.7 Å². The van der Waals surface area contributed by atoms with Gasteiger partial charge in [0.05, 0.1) is 14.2 Å². The Morgan fingerprint density at radius 3 is 1.33 bits per heavy atom. The van der Waals surface area contributed by atoms with Crippen molar-refractivity contribution in [2.45, 2.75) is 13.8 Å². The molecule has 3 rings (SSSR count). The molecule has 10 nitrogen and oxygen atoms in total. The Bertz CT molecular complexity index is 904. The second-order valence-electron chi connectivity index (χ2n) is 6.24. The number of benzene rings is 2. The van der Waals surface area contributed by atoms with Crippen molar-refractivity contribution in [1.82, 2.24) is 10.0 Å². The Morgan fingerprint density at radius 1 is 0.700 bits per heavy atom. The molecule has 2 aromatic rings. The molecule has 2 N–H and O–H groups in total. The van der Waals surface area contributed by atoms with Crippen LogP contribution in [0.2, 0.25) is 0 Å². The fourth-order valence-corrected chi connectivity index (χ4v) is 2.61. The highest BCUT2D eigenvalue weighted by Crippen LogP contribution is 2.18. The standard InChI is InChI=1S/C20H22N6O4/c1-13-23-26(20(28)22-16-7-11-18(30-4)12-8-16)14(2)24-25(13)19(27)21-15-5-9-17(29-3)10-6-15/h5-12H,1-4H3,(H,21,27)(H,22,28). The van der Waals surface area contributed by atoms with Crippen LogP contribution in [0, 0.1) is 0 Å². The van der Waals surface area contributed by atoms with Crippen LogP contribution in [-0.2, 0) is 0 Å². The predicted octanol–water partition coefficient (Wildman–Crippen LogP) is 3.75. The summed E-state index contributed by atoms with van der Waals surface area (Å²) in [5.41, 5.74) is 1.14. The summed E-state index contributed by atoms with van der Waals surface area (Å²) in [6.07, 6.45) is 0. The van der Waals surface area contributed by atoms with E-state index in [1.54, 1.807) is 76.6 Å². The Morgan fingerprint density at radius 2 is 1.03 bits per heavy atom. The van der Waals surface area contributed by atoms with Gasteiger partial charge in [0.2, 0.25) is 0 Å². The molecule has 0 atom stereocenters. The van der Waals surface area contributed by atoms with E-state index in [0.29, 0.717) is 22.9 Å². The van der Waals surface area contributed by atoms with Crippen molar-refractivity contribution in [3.8, 4) is 11.5 Å². The summed E-state index contributed by atoms with van der Waals surface area (Å²) in [5, 5.41) is 16.0. The lowest BCUT2D eigenvalue weighted by atomic mass is 10.3. The molecule has 1 aliphatic rings. The molecule has 30 heavy (non-hydrogen) atoms. The number of anilines is 2. The van der Waals surface area contributed by atoms with Gasteiger partial charge in [-0.25, -0.2) is 9.59 Å². The number of carbonyl (C=O) groups is 2. The van der Waals surface area contributed by atoms with Crippen LogP contribution in [-0.4, -0.2) is 48.0 Å². The first kappa shape index (κ1) is 20.6. The SMILES string of the molecule is COc1ccc(NC(=O)N2N=C(C)N(C(=O)Nc3ccc(OC)cc3)N=C2C)cc1. The molecule has 2 aromatic carbocycles. The van der Waals surface area contributed by atoms with E-state index < -0.39 is 12.1 Å². The molecular weight excluding hydrogens is 388 g/mol. The summed E-state index contributed by atoms with van der Waals surface area (Å²) < 4.78 is 10.2. The first-order chi connectivity index (χ1) is 14.4. The number of hydrazone groups is 2. The minimum Gasteiger partial charge on any atom is -0.497 e. The van der Waals surface area contributed by atoms with Gasteiger partial charge in [-0.3, -0.25) is 0 Å². The maximum Gasteiger partial charge on any atom is 0.348 e. The number of carbonyl (C=O) groups excluding carboxylic acids is 2. The Balaban J connectivity index is 1.67. The van der Waals surface area contributed by atoms with Crippen LogP contribution in [0.5, 0.6) is 11.5 Å². The van der Waals surface area contributed by atoms with Crippen molar-refractivity contribution in [3.63, 3.8) is 0 Å². The topological polar surface area (TPSA) is 108 Å². The van der Waals surface area contributed by atoms with E-state index in [4.69, 9.17) is 9.47 Å². The number of hydrogen-bond acceptors (Lipinski definition) is 6. The van der Waals surface area contributed by atoms with Crippen LogP contribution in [0.25, 0.3) is 0 Å². The van der Waals surface area contributed by atoms with Crippen LogP contribution >= 0.6 is 0 Å². The lowest BCUT2D eigenvalue weighted by Crippen LogP contribution is -2.45. The first-order valence-corrected chi connectivity index (χ1v) is 9.02. The highest BCUT2D eigenvalue weighted by Gasteiger charge is 2.27. The van der Waals surface area contributed by atoms with Gasteiger partial charge in [0, 0.05) is 11.4 Å². The van der Waals surface area contributed by atoms with Gasteiger partial charge < -0.3 is 20.1 Å². The van der Waals surface area contributed by atoms with Gasteiger partial charge in [-0.15, -0.1) is 10.2 Å².